The SMILES string of the molecule is Clc1ccc(-c2csc(N/N=C\c3c(Cl)cccc3Cl)n2)c(Cl)c1. The van der Waals surface area contributed by atoms with Gasteiger partial charge in [0.1, 0.15) is 0 Å². The van der Waals surface area contributed by atoms with Crippen LogP contribution in [0.2, 0.25) is 20.1 Å². The van der Waals surface area contributed by atoms with Gasteiger partial charge < -0.3 is 0 Å². The third-order valence-electron chi connectivity index (χ3n) is 3.06. The number of aromatic nitrogens is 1. The lowest BCUT2D eigenvalue weighted by Gasteiger charge is -2.01. The summed E-state index contributed by atoms with van der Waals surface area (Å²) in [6.45, 7) is 0. The van der Waals surface area contributed by atoms with Gasteiger partial charge in [0, 0.05) is 21.5 Å². The molecule has 0 amide bonds. The third-order valence-corrected chi connectivity index (χ3v) is 5.02. The van der Waals surface area contributed by atoms with Gasteiger partial charge in [-0.3, -0.25) is 5.43 Å². The number of anilines is 1. The molecule has 2 aromatic carbocycles. The van der Waals surface area contributed by atoms with Gasteiger partial charge in [0.25, 0.3) is 0 Å². The van der Waals surface area contributed by atoms with Crippen molar-refractivity contribution in [3.63, 3.8) is 0 Å². The molecule has 122 valence electrons. The Morgan fingerprint density at radius 3 is 2.46 bits per heavy atom. The molecule has 0 aliphatic carbocycles. The largest absolute Gasteiger partial charge is 0.253 e. The maximum atomic E-state index is 6.19. The minimum Gasteiger partial charge on any atom is -0.253 e. The Bertz CT molecular complexity index is 888. The zero-order chi connectivity index (χ0) is 17.1. The van der Waals surface area contributed by atoms with Gasteiger partial charge in [-0.2, -0.15) is 5.10 Å². The first-order valence-corrected chi connectivity index (χ1v) is 9.08. The van der Waals surface area contributed by atoms with Crippen molar-refractivity contribution in [2.24, 2.45) is 5.10 Å². The first-order chi connectivity index (χ1) is 11.5. The number of hydrazone groups is 1. The van der Waals surface area contributed by atoms with Crippen molar-refractivity contribution in [1.82, 2.24) is 4.98 Å². The van der Waals surface area contributed by atoms with E-state index >= 15 is 0 Å². The van der Waals surface area contributed by atoms with Gasteiger partial charge in [0.2, 0.25) is 5.13 Å². The Morgan fingerprint density at radius 1 is 1.00 bits per heavy atom. The lowest BCUT2D eigenvalue weighted by molar-refractivity contribution is 1.29. The molecule has 0 bridgehead atoms. The van der Waals surface area contributed by atoms with Gasteiger partial charge in [-0.15, -0.1) is 11.3 Å². The van der Waals surface area contributed by atoms with E-state index in [4.69, 9.17) is 46.4 Å². The van der Waals surface area contributed by atoms with Gasteiger partial charge >= 0.3 is 0 Å². The first-order valence-electron chi connectivity index (χ1n) is 6.68. The predicted molar refractivity (Wildman–Crippen MR) is 105 cm³/mol. The van der Waals surface area contributed by atoms with Crippen molar-refractivity contribution >= 4 is 69.1 Å². The summed E-state index contributed by atoms with van der Waals surface area (Å²) < 4.78 is 0. The van der Waals surface area contributed by atoms with Crippen LogP contribution in [0.15, 0.2) is 46.9 Å². The lowest BCUT2D eigenvalue weighted by atomic mass is 10.2. The molecule has 0 unspecified atom stereocenters. The minimum atomic E-state index is 0.529. The van der Waals surface area contributed by atoms with Gasteiger partial charge in [-0.1, -0.05) is 52.5 Å². The highest BCUT2D eigenvalue weighted by molar-refractivity contribution is 7.14. The number of rotatable bonds is 4. The van der Waals surface area contributed by atoms with Gasteiger partial charge in [0.15, 0.2) is 0 Å². The smallest absolute Gasteiger partial charge is 0.203 e. The van der Waals surface area contributed by atoms with E-state index in [0.717, 1.165) is 11.3 Å². The summed E-state index contributed by atoms with van der Waals surface area (Å²) in [5, 5.41) is 8.82. The lowest BCUT2D eigenvalue weighted by Crippen LogP contribution is -1.92. The molecular weight excluding hydrogens is 408 g/mol. The Labute approximate surface area is 162 Å². The van der Waals surface area contributed by atoms with Gasteiger partial charge in [-0.25, -0.2) is 4.98 Å². The van der Waals surface area contributed by atoms with Crippen molar-refractivity contribution in [1.29, 1.82) is 0 Å². The van der Waals surface area contributed by atoms with Crippen molar-refractivity contribution in [3.05, 3.63) is 67.4 Å². The molecule has 0 saturated carbocycles. The molecule has 1 aromatic heterocycles. The van der Waals surface area contributed by atoms with E-state index in [2.05, 4.69) is 15.5 Å². The number of hydrogen-bond donors (Lipinski definition) is 1. The molecule has 0 aliphatic heterocycles. The molecular formula is C16H9Cl4N3S. The summed E-state index contributed by atoms with van der Waals surface area (Å²) in [5.74, 6) is 0. The molecule has 0 saturated heterocycles. The van der Waals surface area contributed by atoms with Gasteiger partial charge in [0.05, 0.1) is 27.0 Å². The summed E-state index contributed by atoms with van der Waals surface area (Å²) >= 11 is 25.7. The highest BCUT2D eigenvalue weighted by Crippen LogP contribution is 2.32. The monoisotopic (exact) mass is 415 g/mol. The Balaban J connectivity index is 1.76. The number of halogens is 4. The summed E-state index contributed by atoms with van der Waals surface area (Å²) in [5.41, 5.74) is 5.06. The van der Waals surface area contributed by atoms with E-state index < -0.39 is 0 Å². The number of hydrogen-bond acceptors (Lipinski definition) is 4. The fourth-order valence-electron chi connectivity index (χ4n) is 1.93. The topological polar surface area (TPSA) is 37.3 Å². The third kappa shape index (κ3) is 4.02. The Hall–Kier alpha value is -1.30. The molecule has 1 N–H and O–H groups in total. The molecule has 3 nitrogen and oxygen atoms in total. The summed E-state index contributed by atoms with van der Waals surface area (Å²) in [4.78, 5) is 4.45. The number of nitrogens with one attached hydrogen (secondary N) is 1. The Kier molecular flexibility index (Phi) is 5.64. The average Bonchev–Trinajstić information content (AvgIpc) is 2.99. The van der Waals surface area contributed by atoms with Crippen LogP contribution in [-0.2, 0) is 0 Å². The fourth-order valence-corrected chi connectivity index (χ4v) is 3.59. The predicted octanol–water partition coefficient (Wildman–Crippen LogP) is 6.87. The van der Waals surface area contributed by atoms with E-state index in [0.29, 0.717) is 30.8 Å². The second-order valence-electron chi connectivity index (χ2n) is 4.67. The second kappa shape index (κ2) is 7.72. The van der Waals surface area contributed by atoms with Crippen LogP contribution >= 0.6 is 57.7 Å². The van der Waals surface area contributed by atoms with Crippen LogP contribution in [-0.4, -0.2) is 11.2 Å². The second-order valence-corrected chi connectivity index (χ2v) is 7.18. The average molecular weight is 417 g/mol. The first kappa shape index (κ1) is 17.5. The summed E-state index contributed by atoms with van der Waals surface area (Å²) in [7, 11) is 0. The van der Waals surface area contributed by atoms with Gasteiger partial charge in [-0.05, 0) is 30.3 Å². The highest BCUT2D eigenvalue weighted by atomic mass is 35.5. The van der Waals surface area contributed by atoms with Crippen molar-refractivity contribution in [2.45, 2.75) is 0 Å². The normalized spacial score (nSPS) is 11.2. The van der Waals surface area contributed by atoms with Crippen molar-refractivity contribution in [3.8, 4) is 11.3 Å². The number of nitrogens with zero attached hydrogens (tertiary/aromatic N) is 2. The van der Waals surface area contributed by atoms with Crippen LogP contribution in [0.5, 0.6) is 0 Å². The van der Waals surface area contributed by atoms with Crippen LogP contribution in [0.4, 0.5) is 5.13 Å². The minimum absolute atomic E-state index is 0.529. The molecule has 0 radical (unpaired) electrons. The number of benzene rings is 2. The van der Waals surface area contributed by atoms with Crippen LogP contribution in [0.3, 0.4) is 0 Å². The molecule has 24 heavy (non-hydrogen) atoms. The molecule has 0 fully saturated rings. The highest BCUT2D eigenvalue weighted by Gasteiger charge is 2.08. The molecule has 0 atom stereocenters. The zero-order valence-corrected chi connectivity index (χ0v) is 15.8. The van der Waals surface area contributed by atoms with Crippen LogP contribution < -0.4 is 5.43 Å². The summed E-state index contributed by atoms with van der Waals surface area (Å²) in [6, 6.07) is 10.6. The molecule has 1 heterocycles. The fraction of sp³-hybridized carbons (Fsp3) is 0. The molecule has 0 aliphatic rings. The standard InChI is InChI=1S/C16H9Cl4N3S/c17-9-4-5-10(14(20)6-9)15-8-24-16(22-15)23-21-7-11-12(18)2-1-3-13(11)19/h1-8H,(H,22,23)/b21-7-. The van der Waals surface area contributed by atoms with E-state index in [1.165, 1.54) is 11.3 Å². The Morgan fingerprint density at radius 2 is 1.75 bits per heavy atom. The zero-order valence-electron chi connectivity index (χ0n) is 11.9. The van der Waals surface area contributed by atoms with E-state index in [-0.39, 0.29) is 0 Å². The molecule has 3 rings (SSSR count). The van der Waals surface area contributed by atoms with Crippen molar-refractivity contribution < 1.29 is 0 Å². The maximum Gasteiger partial charge on any atom is 0.203 e. The van der Waals surface area contributed by atoms with Crippen LogP contribution in [0, 0.1) is 0 Å². The van der Waals surface area contributed by atoms with Crippen LogP contribution in [0.25, 0.3) is 11.3 Å². The summed E-state index contributed by atoms with van der Waals surface area (Å²) in [6.07, 6.45) is 1.56. The molecule has 8 heteroatoms. The van der Waals surface area contributed by atoms with Crippen LogP contribution in [0.1, 0.15) is 5.56 Å². The van der Waals surface area contributed by atoms with E-state index in [1.54, 1.807) is 36.5 Å². The molecule has 3 aromatic rings. The number of thiazole rings is 1. The quantitative estimate of drug-likeness (QED) is 0.372. The molecule has 0 spiro atoms. The maximum absolute atomic E-state index is 6.19. The van der Waals surface area contributed by atoms with Crippen molar-refractivity contribution in [2.75, 3.05) is 5.43 Å². The van der Waals surface area contributed by atoms with E-state index in [9.17, 15) is 0 Å². The van der Waals surface area contributed by atoms with E-state index in [1.807, 2.05) is 11.4 Å².